The molecule has 0 amide bonds. The molecule has 0 N–H and O–H groups in total. The van der Waals surface area contributed by atoms with E-state index in [1.54, 1.807) is 0 Å². The quantitative estimate of drug-likeness (QED) is 0.721. The number of pyridine rings is 1. The maximum absolute atomic E-state index is 6.25. The molecule has 3 aromatic rings. The van der Waals surface area contributed by atoms with Crippen molar-refractivity contribution in [3.05, 3.63) is 53.8 Å². The van der Waals surface area contributed by atoms with E-state index in [0.29, 0.717) is 23.7 Å². The minimum absolute atomic E-state index is 0.200. The van der Waals surface area contributed by atoms with Crippen LogP contribution in [0.25, 0.3) is 10.9 Å². The summed E-state index contributed by atoms with van der Waals surface area (Å²) < 4.78 is 11.5. The highest BCUT2D eigenvalue weighted by Crippen LogP contribution is 2.34. The highest BCUT2D eigenvalue weighted by atomic mass is 16.5. The number of para-hydroxylation sites is 1. The van der Waals surface area contributed by atoms with Crippen molar-refractivity contribution < 1.29 is 9.26 Å². The second-order valence-electron chi connectivity index (χ2n) is 7.42. The molecule has 134 valence electrons. The summed E-state index contributed by atoms with van der Waals surface area (Å²) in [4.78, 5) is 11.5. The van der Waals surface area contributed by atoms with Crippen molar-refractivity contribution in [2.75, 3.05) is 13.1 Å². The van der Waals surface area contributed by atoms with Crippen LogP contribution in [0.15, 0.2) is 40.9 Å². The van der Waals surface area contributed by atoms with E-state index >= 15 is 0 Å². The first kappa shape index (κ1) is 15.9. The molecule has 2 aromatic heterocycles. The highest BCUT2D eigenvalue weighted by molar-refractivity contribution is 5.78. The molecule has 2 fully saturated rings. The molecule has 1 aromatic carbocycles. The molecular weight excluding hydrogens is 328 g/mol. The van der Waals surface area contributed by atoms with Gasteiger partial charge in [0.2, 0.25) is 5.89 Å². The first-order chi connectivity index (χ1) is 12.7. The third-order valence-electron chi connectivity index (χ3n) is 5.40. The fourth-order valence-corrected chi connectivity index (χ4v) is 4.25. The topological polar surface area (TPSA) is 64.3 Å². The molecule has 6 nitrogen and oxygen atoms in total. The summed E-state index contributed by atoms with van der Waals surface area (Å²) >= 11 is 0. The minimum Gasteiger partial charge on any atom is -0.373 e. The number of fused-ring (bicyclic) bond motifs is 2. The van der Waals surface area contributed by atoms with Crippen molar-refractivity contribution in [2.24, 2.45) is 5.92 Å². The highest BCUT2D eigenvalue weighted by Gasteiger charge is 2.42. The molecule has 0 radical (unpaired) electrons. The Morgan fingerprint density at radius 3 is 2.88 bits per heavy atom. The van der Waals surface area contributed by atoms with E-state index in [2.05, 4.69) is 45.4 Å². The molecule has 26 heavy (non-hydrogen) atoms. The maximum Gasteiger partial charge on any atom is 0.229 e. The lowest BCUT2D eigenvalue weighted by molar-refractivity contribution is 0.0342. The van der Waals surface area contributed by atoms with E-state index in [4.69, 9.17) is 14.2 Å². The summed E-state index contributed by atoms with van der Waals surface area (Å²) in [6.45, 7) is 4.77. The Morgan fingerprint density at radius 2 is 2.04 bits per heavy atom. The molecule has 2 saturated heterocycles. The van der Waals surface area contributed by atoms with Crippen LogP contribution < -0.4 is 0 Å². The van der Waals surface area contributed by atoms with Crippen molar-refractivity contribution >= 4 is 10.9 Å². The van der Waals surface area contributed by atoms with Gasteiger partial charge in [-0.2, -0.15) is 4.98 Å². The molecule has 0 unspecified atom stereocenters. The molecule has 2 aliphatic heterocycles. The Bertz CT molecular complexity index is 911. The molecule has 3 atom stereocenters. The van der Waals surface area contributed by atoms with E-state index in [1.807, 2.05) is 13.0 Å². The van der Waals surface area contributed by atoms with E-state index < -0.39 is 0 Å². The van der Waals surface area contributed by atoms with Crippen molar-refractivity contribution in [1.29, 1.82) is 0 Å². The van der Waals surface area contributed by atoms with Gasteiger partial charge in [-0.25, -0.2) is 0 Å². The second kappa shape index (κ2) is 6.45. The summed E-state index contributed by atoms with van der Waals surface area (Å²) in [6.07, 6.45) is 2.30. The lowest BCUT2D eigenvalue weighted by Gasteiger charge is -2.18. The molecule has 0 aliphatic carbocycles. The zero-order chi connectivity index (χ0) is 17.5. The third kappa shape index (κ3) is 3.10. The predicted molar refractivity (Wildman–Crippen MR) is 96.5 cm³/mol. The summed E-state index contributed by atoms with van der Waals surface area (Å²) in [5, 5.41) is 5.05. The van der Waals surface area contributed by atoms with Crippen LogP contribution in [-0.2, 0) is 17.7 Å². The lowest BCUT2D eigenvalue weighted by Crippen LogP contribution is -2.25. The number of aryl methyl sites for hydroxylation is 1. The van der Waals surface area contributed by atoms with Gasteiger partial charge < -0.3 is 9.26 Å². The summed E-state index contributed by atoms with van der Waals surface area (Å²) in [6, 6.07) is 12.6. The van der Waals surface area contributed by atoms with Gasteiger partial charge in [-0.15, -0.1) is 0 Å². The summed E-state index contributed by atoms with van der Waals surface area (Å²) in [7, 11) is 0. The van der Waals surface area contributed by atoms with Crippen LogP contribution in [0.2, 0.25) is 0 Å². The van der Waals surface area contributed by atoms with Gasteiger partial charge in [-0.1, -0.05) is 29.4 Å². The normalized spacial score (nSPS) is 25.8. The minimum atomic E-state index is 0.200. The number of hydrogen-bond donors (Lipinski definition) is 0. The maximum atomic E-state index is 6.25. The number of benzene rings is 1. The van der Waals surface area contributed by atoms with Gasteiger partial charge in [0.1, 0.15) is 0 Å². The van der Waals surface area contributed by atoms with Gasteiger partial charge in [0.15, 0.2) is 5.82 Å². The van der Waals surface area contributed by atoms with E-state index in [9.17, 15) is 0 Å². The fourth-order valence-electron chi connectivity index (χ4n) is 4.25. The number of aromatic nitrogens is 3. The molecule has 0 saturated carbocycles. The van der Waals surface area contributed by atoms with E-state index in [-0.39, 0.29) is 6.10 Å². The number of rotatable bonds is 4. The van der Waals surface area contributed by atoms with Crippen molar-refractivity contribution in [2.45, 2.75) is 38.5 Å². The van der Waals surface area contributed by atoms with Gasteiger partial charge in [0, 0.05) is 30.9 Å². The summed E-state index contributed by atoms with van der Waals surface area (Å²) in [5.74, 6) is 1.96. The SMILES string of the molecule is Cc1noc(C[C@@H]2C[C@H]3CN(Cc4ccc5ccccc5n4)C[C@H]3O2)n1. The van der Waals surface area contributed by atoms with Crippen molar-refractivity contribution in [1.82, 2.24) is 20.0 Å². The van der Waals surface area contributed by atoms with Gasteiger partial charge in [-0.05, 0) is 25.5 Å². The van der Waals surface area contributed by atoms with Crippen LogP contribution in [-0.4, -0.2) is 45.3 Å². The van der Waals surface area contributed by atoms with Crippen LogP contribution in [0.4, 0.5) is 0 Å². The number of ether oxygens (including phenoxy) is 1. The van der Waals surface area contributed by atoms with Crippen LogP contribution in [0.5, 0.6) is 0 Å². The van der Waals surface area contributed by atoms with Crippen LogP contribution in [0.3, 0.4) is 0 Å². The molecule has 6 heteroatoms. The van der Waals surface area contributed by atoms with Crippen molar-refractivity contribution in [3.63, 3.8) is 0 Å². The van der Waals surface area contributed by atoms with Crippen LogP contribution >= 0.6 is 0 Å². The molecular formula is C20H22N4O2. The van der Waals surface area contributed by atoms with Gasteiger partial charge in [0.05, 0.1) is 29.8 Å². The standard InChI is InChI=1S/C20H22N4O2/c1-13-21-20(26-23-13)9-17-8-15-10-24(12-19(15)25-17)11-16-7-6-14-4-2-3-5-18(14)22-16/h2-7,15,17,19H,8-12H2,1H3/t15-,17-,19+/m0/s1. The molecule has 0 spiro atoms. The first-order valence-electron chi connectivity index (χ1n) is 9.24. The van der Waals surface area contributed by atoms with E-state index in [1.165, 1.54) is 5.39 Å². The molecule has 5 rings (SSSR count). The van der Waals surface area contributed by atoms with Crippen LogP contribution in [0, 0.1) is 12.8 Å². The van der Waals surface area contributed by atoms with Crippen molar-refractivity contribution in [3.8, 4) is 0 Å². The first-order valence-corrected chi connectivity index (χ1v) is 9.24. The Labute approximate surface area is 152 Å². The average Bonchev–Trinajstić information content (AvgIpc) is 3.30. The average molecular weight is 350 g/mol. The summed E-state index contributed by atoms with van der Waals surface area (Å²) in [5.41, 5.74) is 2.19. The molecule has 4 heterocycles. The number of likely N-dealkylation sites (tertiary alicyclic amines) is 1. The number of nitrogens with zero attached hydrogens (tertiary/aromatic N) is 4. The Kier molecular flexibility index (Phi) is 3.94. The predicted octanol–water partition coefficient (Wildman–Crippen LogP) is 2.76. The van der Waals surface area contributed by atoms with Gasteiger partial charge >= 0.3 is 0 Å². The Hall–Kier alpha value is -2.31. The third-order valence-corrected chi connectivity index (χ3v) is 5.40. The molecule has 2 aliphatic rings. The van der Waals surface area contributed by atoms with Gasteiger partial charge in [-0.3, -0.25) is 9.88 Å². The number of hydrogen-bond acceptors (Lipinski definition) is 6. The smallest absolute Gasteiger partial charge is 0.229 e. The second-order valence-corrected chi connectivity index (χ2v) is 7.42. The van der Waals surface area contributed by atoms with E-state index in [0.717, 1.165) is 43.7 Å². The largest absolute Gasteiger partial charge is 0.373 e. The van der Waals surface area contributed by atoms with Gasteiger partial charge in [0.25, 0.3) is 0 Å². The Balaban J connectivity index is 1.19. The van der Waals surface area contributed by atoms with Crippen LogP contribution in [0.1, 0.15) is 23.8 Å². The molecule has 0 bridgehead atoms. The fraction of sp³-hybridized carbons (Fsp3) is 0.450. The lowest BCUT2D eigenvalue weighted by atomic mass is 10.0. The zero-order valence-corrected chi connectivity index (χ0v) is 14.8. The monoisotopic (exact) mass is 350 g/mol. The zero-order valence-electron chi connectivity index (χ0n) is 14.8. The Morgan fingerprint density at radius 1 is 1.12 bits per heavy atom.